The van der Waals surface area contributed by atoms with Gasteiger partial charge in [0.05, 0.1) is 0 Å². The predicted molar refractivity (Wildman–Crippen MR) is 99.8 cm³/mol. The monoisotopic (exact) mass is 372 g/mol. The van der Waals surface area contributed by atoms with Gasteiger partial charge in [-0.05, 0) is 35.4 Å². The van der Waals surface area contributed by atoms with Crippen LogP contribution in [0.5, 0.6) is 5.75 Å². The van der Waals surface area contributed by atoms with Gasteiger partial charge in [0.25, 0.3) is 0 Å². The lowest BCUT2D eigenvalue weighted by atomic mass is 10.2. The van der Waals surface area contributed by atoms with Crippen molar-refractivity contribution in [2.45, 2.75) is 13.2 Å². The first kappa shape index (κ1) is 20.7. The summed E-state index contributed by atoms with van der Waals surface area (Å²) in [4.78, 5) is 2.44. The maximum Gasteiger partial charge on any atom is 0.123 e. The molecule has 6 heteroatoms. The Labute approximate surface area is 155 Å². The van der Waals surface area contributed by atoms with Crippen LogP contribution in [0.15, 0.2) is 48.5 Å². The highest BCUT2D eigenvalue weighted by molar-refractivity contribution is 5.85. The molecule has 1 N–H and O–H groups in total. The third-order valence-corrected chi connectivity index (χ3v) is 3.83. The Kier molecular flexibility index (Phi) is 9.08. The smallest absolute Gasteiger partial charge is 0.123 e. The number of hydrogen-bond donors (Lipinski definition) is 1. The largest absolute Gasteiger partial charge is 0.489 e. The molecule has 0 spiro atoms. The Morgan fingerprint density at radius 3 is 2.33 bits per heavy atom. The summed E-state index contributed by atoms with van der Waals surface area (Å²) in [6.45, 7) is 5.68. The van der Waals surface area contributed by atoms with E-state index in [0.717, 1.165) is 44.0 Å². The third-order valence-electron chi connectivity index (χ3n) is 3.83. The molecule has 0 bridgehead atoms. The van der Waals surface area contributed by atoms with Crippen LogP contribution in [0.1, 0.15) is 11.1 Å². The van der Waals surface area contributed by atoms with E-state index < -0.39 is 0 Å². The van der Waals surface area contributed by atoms with Gasteiger partial charge in [-0.25, -0.2) is 4.39 Å². The minimum atomic E-state index is -0.229. The van der Waals surface area contributed by atoms with Gasteiger partial charge in [-0.15, -0.1) is 24.8 Å². The van der Waals surface area contributed by atoms with Gasteiger partial charge in [0.2, 0.25) is 0 Å². The van der Waals surface area contributed by atoms with Gasteiger partial charge in [0, 0.05) is 32.7 Å². The minimum absolute atomic E-state index is 0. The molecule has 3 nitrogen and oxygen atoms in total. The summed E-state index contributed by atoms with van der Waals surface area (Å²) in [5, 5.41) is 3.36. The molecular weight excluding hydrogens is 350 g/mol. The Morgan fingerprint density at radius 1 is 0.958 bits per heavy atom. The van der Waals surface area contributed by atoms with E-state index in [2.05, 4.69) is 22.3 Å². The normalized spacial score (nSPS) is 14.4. The summed E-state index contributed by atoms with van der Waals surface area (Å²) in [6, 6.07) is 14.7. The van der Waals surface area contributed by atoms with Crippen molar-refractivity contribution in [2.75, 3.05) is 26.2 Å². The summed E-state index contributed by atoms with van der Waals surface area (Å²) in [5.41, 5.74) is 2.13. The molecule has 3 rings (SSSR count). The second kappa shape index (κ2) is 10.5. The first-order chi connectivity index (χ1) is 10.8. The van der Waals surface area contributed by atoms with Gasteiger partial charge in [0.15, 0.2) is 0 Å². The van der Waals surface area contributed by atoms with Crippen molar-refractivity contribution in [3.63, 3.8) is 0 Å². The molecule has 0 saturated carbocycles. The van der Waals surface area contributed by atoms with Crippen LogP contribution in [0.4, 0.5) is 4.39 Å². The zero-order chi connectivity index (χ0) is 15.2. The fourth-order valence-corrected chi connectivity index (χ4v) is 2.61. The van der Waals surface area contributed by atoms with Crippen molar-refractivity contribution in [3.05, 3.63) is 65.5 Å². The van der Waals surface area contributed by atoms with Crippen LogP contribution in [-0.2, 0) is 13.2 Å². The first-order valence-corrected chi connectivity index (χ1v) is 7.69. The van der Waals surface area contributed by atoms with Crippen molar-refractivity contribution < 1.29 is 9.13 Å². The Hall–Kier alpha value is -1.33. The fourth-order valence-electron chi connectivity index (χ4n) is 2.61. The molecule has 1 saturated heterocycles. The highest BCUT2D eigenvalue weighted by atomic mass is 35.5. The molecule has 0 amide bonds. The molecule has 2 aromatic carbocycles. The maximum atomic E-state index is 13.1. The molecule has 24 heavy (non-hydrogen) atoms. The van der Waals surface area contributed by atoms with Crippen LogP contribution in [0.3, 0.4) is 0 Å². The van der Waals surface area contributed by atoms with Crippen LogP contribution in [-0.4, -0.2) is 31.1 Å². The summed E-state index contributed by atoms with van der Waals surface area (Å²) in [7, 11) is 0. The van der Waals surface area contributed by atoms with Gasteiger partial charge in [-0.3, -0.25) is 4.90 Å². The van der Waals surface area contributed by atoms with E-state index in [1.165, 1.54) is 17.7 Å². The van der Waals surface area contributed by atoms with E-state index in [9.17, 15) is 4.39 Å². The maximum absolute atomic E-state index is 13.1. The number of halogens is 3. The fraction of sp³-hybridized carbons (Fsp3) is 0.333. The minimum Gasteiger partial charge on any atom is -0.489 e. The number of hydrogen-bond acceptors (Lipinski definition) is 3. The molecule has 1 fully saturated rings. The zero-order valence-electron chi connectivity index (χ0n) is 13.4. The molecular formula is C18H23Cl2FN2O. The number of benzene rings is 2. The molecule has 1 heterocycles. The van der Waals surface area contributed by atoms with Crippen LogP contribution in [0, 0.1) is 5.82 Å². The van der Waals surface area contributed by atoms with Crippen LogP contribution >= 0.6 is 24.8 Å². The molecule has 0 unspecified atom stereocenters. The van der Waals surface area contributed by atoms with E-state index in [4.69, 9.17) is 4.74 Å². The predicted octanol–water partition coefficient (Wildman–Crippen LogP) is 3.65. The molecule has 1 aliphatic heterocycles. The van der Waals surface area contributed by atoms with Crippen molar-refractivity contribution in [1.29, 1.82) is 0 Å². The van der Waals surface area contributed by atoms with Crippen molar-refractivity contribution in [2.24, 2.45) is 0 Å². The summed E-state index contributed by atoms with van der Waals surface area (Å²) < 4.78 is 18.8. The summed E-state index contributed by atoms with van der Waals surface area (Å²) >= 11 is 0. The topological polar surface area (TPSA) is 24.5 Å². The Bertz CT molecular complexity index is 604. The average molecular weight is 373 g/mol. The molecule has 132 valence electrons. The van der Waals surface area contributed by atoms with Crippen LogP contribution < -0.4 is 10.1 Å². The Balaban J connectivity index is 0.00000144. The van der Waals surface area contributed by atoms with E-state index in [1.807, 2.05) is 18.2 Å². The summed E-state index contributed by atoms with van der Waals surface area (Å²) in [6.07, 6.45) is 0. The van der Waals surface area contributed by atoms with Crippen molar-refractivity contribution >= 4 is 24.8 Å². The first-order valence-electron chi connectivity index (χ1n) is 7.69. The molecule has 0 atom stereocenters. The zero-order valence-corrected chi connectivity index (χ0v) is 15.0. The van der Waals surface area contributed by atoms with Crippen LogP contribution in [0.2, 0.25) is 0 Å². The van der Waals surface area contributed by atoms with E-state index in [0.29, 0.717) is 6.61 Å². The van der Waals surface area contributed by atoms with Gasteiger partial charge in [-0.1, -0.05) is 24.3 Å². The molecule has 0 aromatic heterocycles. The quantitative estimate of drug-likeness (QED) is 0.866. The average Bonchev–Trinajstić information content (AvgIpc) is 2.55. The second-order valence-corrected chi connectivity index (χ2v) is 5.59. The van der Waals surface area contributed by atoms with Gasteiger partial charge in [0.1, 0.15) is 18.2 Å². The number of ether oxygens (including phenoxy) is 1. The SMILES string of the molecule is Cl.Cl.Fc1cccc(COc2ccc(CN3CCNCC3)cc2)c1. The third kappa shape index (κ3) is 6.29. The molecule has 0 radical (unpaired) electrons. The van der Waals surface area contributed by atoms with E-state index in [1.54, 1.807) is 6.07 Å². The van der Waals surface area contributed by atoms with Gasteiger partial charge < -0.3 is 10.1 Å². The number of rotatable bonds is 5. The van der Waals surface area contributed by atoms with Gasteiger partial charge >= 0.3 is 0 Å². The lowest BCUT2D eigenvalue weighted by Crippen LogP contribution is -2.42. The second-order valence-electron chi connectivity index (χ2n) is 5.59. The van der Waals surface area contributed by atoms with Gasteiger partial charge in [-0.2, -0.15) is 0 Å². The lowest BCUT2D eigenvalue weighted by Gasteiger charge is -2.27. The molecule has 2 aromatic rings. The Morgan fingerprint density at radius 2 is 1.67 bits per heavy atom. The number of nitrogens with zero attached hydrogens (tertiary/aromatic N) is 1. The highest BCUT2D eigenvalue weighted by Gasteiger charge is 2.09. The van der Waals surface area contributed by atoms with E-state index >= 15 is 0 Å². The summed E-state index contributed by atoms with van der Waals surface area (Å²) in [5.74, 6) is 0.584. The van der Waals surface area contributed by atoms with Crippen molar-refractivity contribution in [1.82, 2.24) is 10.2 Å². The van der Waals surface area contributed by atoms with Crippen molar-refractivity contribution in [3.8, 4) is 5.75 Å². The number of piperazine rings is 1. The highest BCUT2D eigenvalue weighted by Crippen LogP contribution is 2.16. The standard InChI is InChI=1S/C18H21FN2O.2ClH/c19-17-3-1-2-16(12-17)14-22-18-6-4-15(5-7-18)13-21-10-8-20-9-11-21;;/h1-7,12,20H,8-11,13-14H2;2*1H. The van der Waals surface area contributed by atoms with Crippen LogP contribution in [0.25, 0.3) is 0 Å². The lowest BCUT2D eigenvalue weighted by molar-refractivity contribution is 0.233. The molecule has 1 aliphatic rings. The van der Waals surface area contributed by atoms with E-state index in [-0.39, 0.29) is 30.6 Å². The number of nitrogens with one attached hydrogen (secondary N) is 1. The molecule has 0 aliphatic carbocycles.